The summed E-state index contributed by atoms with van der Waals surface area (Å²) in [6, 6.07) is 7.97. The van der Waals surface area contributed by atoms with Crippen LogP contribution in [-0.4, -0.2) is 30.6 Å². The van der Waals surface area contributed by atoms with Crippen molar-refractivity contribution in [1.82, 2.24) is 10.3 Å². The minimum absolute atomic E-state index is 0.00804. The van der Waals surface area contributed by atoms with Gasteiger partial charge in [-0.25, -0.2) is 0 Å². The lowest BCUT2D eigenvalue weighted by molar-refractivity contribution is -0.120. The first kappa shape index (κ1) is 14.3. The molecular formula is C16H20N2O2. The van der Waals surface area contributed by atoms with Crippen LogP contribution in [0.2, 0.25) is 0 Å². The smallest absolute Gasteiger partial charge is 0.224 e. The molecule has 1 aromatic heterocycles. The number of carbonyl (C=O) groups excluding carboxylic acids is 1. The van der Waals surface area contributed by atoms with Gasteiger partial charge in [-0.05, 0) is 18.6 Å². The molecule has 0 aliphatic rings. The quantitative estimate of drug-likeness (QED) is 0.601. The highest BCUT2D eigenvalue weighted by Crippen LogP contribution is 2.17. The van der Waals surface area contributed by atoms with Gasteiger partial charge in [-0.1, -0.05) is 30.4 Å². The van der Waals surface area contributed by atoms with Gasteiger partial charge in [0.05, 0.1) is 19.6 Å². The Kier molecular flexibility index (Phi) is 4.96. The standard InChI is InChI=1S/C16H20N2O2/c1-12(2)11-20-8-7-17-16(19)9-13-10-18-15-6-4-3-5-14(13)15/h3-6,10,18H,1,7-9,11H2,2H3,(H,17,19). The number of H-pyrrole nitrogens is 1. The molecule has 20 heavy (non-hydrogen) atoms. The third kappa shape index (κ3) is 3.96. The summed E-state index contributed by atoms with van der Waals surface area (Å²) < 4.78 is 5.33. The average molecular weight is 272 g/mol. The fourth-order valence-electron chi connectivity index (χ4n) is 2.02. The first-order valence-corrected chi connectivity index (χ1v) is 6.70. The topological polar surface area (TPSA) is 54.1 Å². The number of fused-ring (bicyclic) bond motifs is 1. The average Bonchev–Trinajstić information content (AvgIpc) is 2.81. The summed E-state index contributed by atoms with van der Waals surface area (Å²) in [6.07, 6.45) is 2.27. The fraction of sp³-hybridized carbons (Fsp3) is 0.312. The van der Waals surface area contributed by atoms with Crippen LogP contribution < -0.4 is 5.32 Å². The van der Waals surface area contributed by atoms with Crippen molar-refractivity contribution in [3.8, 4) is 0 Å². The third-order valence-electron chi connectivity index (χ3n) is 2.94. The minimum Gasteiger partial charge on any atom is -0.375 e. The van der Waals surface area contributed by atoms with Gasteiger partial charge in [-0.15, -0.1) is 0 Å². The first-order valence-electron chi connectivity index (χ1n) is 6.70. The first-order chi connectivity index (χ1) is 9.66. The number of hydrogen-bond donors (Lipinski definition) is 2. The van der Waals surface area contributed by atoms with E-state index in [1.54, 1.807) is 0 Å². The van der Waals surface area contributed by atoms with Gasteiger partial charge in [-0.3, -0.25) is 4.79 Å². The lowest BCUT2D eigenvalue weighted by Gasteiger charge is -2.06. The zero-order valence-electron chi connectivity index (χ0n) is 11.7. The predicted molar refractivity (Wildman–Crippen MR) is 80.6 cm³/mol. The second-order valence-corrected chi connectivity index (χ2v) is 4.90. The maximum atomic E-state index is 11.9. The maximum Gasteiger partial charge on any atom is 0.224 e. The van der Waals surface area contributed by atoms with Crippen molar-refractivity contribution in [2.24, 2.45) is 0 Å². The number of nitrogens with one attached hydrogen (secondary N) is 2. The van der Waals surface area contributed by atoms with Crippen LogP contribution in [0, 0.1) is 0 Å². The Hall–Kier alpha value is -2.07. The van der Waals surface area contributed by atoms with Crippen LogP contribution >= 0.6 is 0 Å². The molecule has 0 radical (unpaired) electrons. The van der Waals surface area contributed by atoms with Crippen molar-refractivity contribution in [3.63, 3.8) is 0 Å². The van der Waals surface area contributed by atoms with Gasteiger partial charge in [-0.2, -0.15) is 0 Å². The zero-order chi connectivity index (χ0) is 14.4. The van der Waals surface area contributed by atoms with Crippen molar-refractivity contribution in [1.29, 1.82) is 0 Å². The van der Waals surface area contributed by atoms with E-state index in [1.807, 2.05) is 37.4 Å². The van der Waals surface area contributed by atoms with E-state index in [0.717, 1.165) is 22.0 Å². The minimum atomic E-state index is 0.00804. The Morgan fingerprint density at radius 2 is 2.20 bits per heavy atom. The molecule has 1 amide bonds. The van der Waals surface area contributed by atoms with E-state index in [-0.39, 0.29) is 5.91 Å². The third-order valence-corrected chi connectivity index (χ3v) is 2.94. The maximum absolute atomic E-state index is 11.9. The molecule has 1 aromatic carbocycles. The van der Waals surface area contributed by atoms with Gasteiger partial charge in [0.25, 0.3) is 0 Å². The number of aromatic nitrogens is 1. The number of benzene rings is 1. The Balaban J connectivity index is 1.78. The van der Waals surface area contributed by atoms with Crippen LogP contribution in [0.3, 0.4) is 0 Å². The second kappa shape index (κ2) is 6.91. The van der Waals surface area contributed by atoms with Gasteiger partial charge < -0.3 is 15.0 Å². The molecule has 0 saturated heterocycles. The van der Waals surface area contributed by atoms with E-state index >= 15 is 0 Å². The largest absolute Gasteiger partial charge is 0.375 e. The molecule has 4 nitrogen and oxygen atoms in total. The highest BCUT2D eigenvalue weighted by atomic mass is 16.5. The molecular weight excluding hydrogens is 252 g/mol. The summed E-state index contributed by atoms with van der Waals surface area (Å²) in [6.45, 7) is 7.23. The highest BCUT2D eigenvalue weighted by molar-refractivity contribution is 5.88. The number of hydrogen-bond acceptors (Lipinski definition) is 2. The number of rotatable bonds is 7. The molecule has 0 fully saturated rings. The van der Waals surface area contributed by atoms with E-state index in [2.05, 4.69) is 16.9 Å². The van der Waals surface area contributed by atoms with Gasteiger partial charge in [0.1, 0.15) is 0 Å². The number of aromatic amines is 1. The molecule has 2 rings (SSSR count). The molecule has 0 saturated carbocycles. The van der Waals surface area contributed by atoms with Crippen molar-refractivity contribution in [2.75, 3.05) is 19.8 Å². The molecule has 0 bridgehead atoms. The summed E-state index contributed by atoms with van der Waals surface area (Å²) in [7, 11) is 0. The normalized spacial score (nSPS) is 10.7. The Bertz CT molecular complexity index is 601. The lowest BCUT2D eigenvalue weighted by Crippen LogP contribution is -2.28. The zero-order valence-corrected chi connectivity index (χ0v) is 11.7. The number of carbonyl (C=O) groups is 1. The van der Waals surface area contributed by atoms with E-state index in [1.165, 1.54) is 0 Å². The summed E-state index contributed by atoms with van der Waals surface area (Å²) >= 11 is 0. The Labute approximate surface area is 118 Å². The Morgan fingerprint density at radius 3 is 3.00 bits per heavy atom. The lowest BCUT2D eigenvalue weighted by atomic mass is 10.1. The SMILES string of the molecule is C=C(C)COCCNC(=O)Cc1c[nH]c2ccccc12. The molecule has 1 heterocycles. The van der Waals surface area contributed by atoms with Crippen LogP contribution in [0.4, 0.5) is 0 Å². The number of ether oxygens (including phenoxy) is 1. The highest BCUT2D eigenvalue weighted by Gasteiger charge is 2.07. The Morgan fingerprint density at radius 1 is 1.40 bits per heavy atom. The molecule has 0 aliphatic heterocycles. The van der Waals surface area contributed by atoms with Gasteiger partial charge in [0.2, 0.25) is 5.91 Å². The van der Waals surface area contributed by atoms with Crippen LogP contribution in [0.1, 0.15) is 12.5 Å². The van der Waals surface area contributed by atoms with Crippen molar-refractivity contribution >= 4 is 16.8 Å². The molecule has 4 heteroatoms. The van der Waals surface area contributed by atoms with Crippen molar-refractivity contribution in [2.45, 2.75) is 13.3 Å². The number of amides is 1. The fourth-order valence-corrected chi connectivity index (χ4v) is 2.02. The molecule has 106 valence electrons. The summed E-state index contributed by atoms with van der Waals surface area (Å²) in [5, 5.41) is 3.95. The van der Waals surface area contributed by atoms with Crippen LogP contribution in [0.25, 0.3) is 10.9 Å². The molecule has 0 atom stereocenters. The van der Waals surface area contributed by atoms with E-state index < -0.39 is 0 Å². The number of para-hydroxylation sites is 1. The molecule has 0 spiro atoms. The van der Waals surface area contributed by atoms with Gasteiger partial charge in [0, 0.05) is 23.6 Å². The molecule has 2 aromatic rings. The van der Waals surface area contributed by atoms with E-state index in [9.17, 15) is 4.79 Å². The summed E-state index contributed by atoms with van der Waals surface area (Å²) in [5.41, 5.74) is 3.05. The monoisotopic (exact) mass is 272 g/mol. The summed E-state index contributed by atoms with van der Waals surface area (Å²) in [5.74, 6) is 0.00804. The summed E-state index contributed by atoms with van der Waals surface area (Å²) in [4.78, 5) is 15.0. The second-order valence-electron chi connectivity index (χ2n) is 4.90. The van der Waals surface area contributed by atoms with Gasteiger partial charge >= 0.3 is 0 Å². The van der Waals surface area contributed by atoms with Crippen LogP contribution in [0.5, 0.6) is 0 Å². The molecule has 0 aliphatic carbocycles. The van der Waals surface area contributed by atoms with Crippen molar-refractivity contribution < 1.29 is 9.53 Å². The van der Waals surface area contributed by atoms with E-state index in [4.69, 9.17) is 4.74 Å². The van der Waals surface area contributed by atoms with Crippen LogP contribution in [0.15, 0.2) is 42.6 Å². The van der Waals surface area contributed by atoms with Gasteiger partial charge in [0.15, 0.2) is 0 Å². The van der Waals surface area contributed by atoms with E-state index in [0.29, 0.717) is 26.2 Å². The molecule has 0 unspecified atom stereocenters. The van der Waals surface area contributed by atoms with Crippen molar-refractivity contribution in [3.05, 3.63) is 48.2 Å². The van der Waals surface area contributed by atoms with Crippen LogP contribution in [-0.2, 0) is 16.0 Å². The molecule has 2 N–H and O–H groups in total. The predicted octanol–water partition coefficient (Wildman–Crippen LogP) is 2.42.